The van der Waals surface area contributed by atoms with Gasteiger partial charge < -0.3 is 4.90 Å². The Labute approximate surface area is 93.7 Å². The van der Waals surface area contributed by atoms with Crippen molar-refractivity contribution in [2.45, 2.75) is 40.8 Å². The fourth-order valence-electron chi connectivity index (χ4n) is 1.80. The molecule has 0 aromatic heterocycles. The highest BCUT2D eigenvalue weighted by atomic mass is 19.1. The standard InChI is InChI=1S/C11H18FN.C2H6/c1-5-11(8(2)3)13-6-9(4)10(12)7-13;1-2/h8-10H,1,6-7H2,2-4H3;1-2H3. The van der Waals surface area contributed by atoms with Crippen molar-refractivity contribution in [3.8, 4) is 0 Å². The summed E-state index contributed by atoms with van der Waals surface area (Å²) >= 11 is 0. The molecule has 0 aliphatic carbocycles. The van der Waals surface area contributed by atoms with Gasteiger partial charge in [0.05, 0.1) is 5.70 Å². The van der Waals surface area contributed by atoms with Crippen molar-refractivity contribution >= 4 is 0 Å². The van der Waals surface area contributed by atoms with Gasteiger partial charge in [0.2, 0.25) is 0 Å². The molecule has 88 valence electrons. The summed E-state index contributed by atoms with van der Waals surface area (Å²) in [5.74, 6) is 0.525. The molecule has 0 spiro atoms. The molecule has 1 aliphatic heterocycles. The summed E-state index contributed by atoms with van der Waals surface area (Å²) in [6.07, 6.45) is -0.693. The molecule has 0 saturated carbocycles. The predicted molar refractivity (Wildman–Crippen MR) is 64.5 cm³/mol. The first-order valence-corrected chi connectivity index (χ1v) is 5.85. The van der Waals surface area contributed by atoms with Crippen LogP contribution in [0.1, 0.15) is 34.6 Å². The van der Waals surface area contributed by atoms with Crippen molar-refractivity contribution in [3.63, 3.8) is 0 Å². The van der Waals surface area contributed by atoms with E-state index >= 15 is 0 Å². The van der Waals surface area contributed by atoms with Crippen LogP contribution >= 0.6 is 0 Å². The van der Waals surface area contributed by atoms with Gasteiger partial charge in [-0.15, -0.1) is 5.73 Å². The second-order valence-corrected chi connectivity index (χ2v) is 4.11. The zero-order chi connectivity index (χ0) is 12.0. The average Bonchev–Trinajstić information content (AvgIpc) is 2.50. The molecule has 2 atom stereocenters. The van der Waals surface area contributed by atoms with Crippen LogP contribution in [0.15, 0.2) is 18.0 Å². The number of hydrogen-bond acceptors (Lipinski definition) is 1. The van der Waals surface area contributed by atoms with Crippen LogP contribution in [-0.4, -0.2) is 24.2 Å². The first kappa shape index (κ1) is 14.2. The second-order valence-electron chi connectivity index (χ2n) is 4.11. The molecule has 1 nitrogen and oxygen atoms in total. The first-order valence-electron chi connectivity index (χ1n) is 5.85. The lowest BCUT2D eigenvalue weighted by atomic mass is 10.1. The van der Waals surface area contributed by atoms with Gasteiger partial charge in [0.1, 0.15) is 6.17 Å². The van der Waals surface area contributed by atoms with Crippen LogP contribution in [0.25, 0.3) is 0 Å². The molecule has 1 heterocycles. The van der Waals surface area contributed by atoms with Crippen LogP contribution in [0.3, 0.4) is 0 Å². The van der Waals surface area contributed by atoms with Crippen LogP contribution in [0.5, 0.6) is 0 Å². The Kier molecular flexibility index (Phi) is 6.35. The molecule has 2 unspecified atom stereocenters. The zero-order valence-electron chi connectivity index (χ0n) is 10.7. The minimum Gasteiger partial charge on any atom is -0.365 e. The molecule has 0 aromatic carbocycles. The van der Waals surface area contributed by atoms with Gasteiger partial charge in [-0.05, 0) is 0 Å². The Bertz CT molecular complexity index is 219. The SMILES string of the molecule is C=C=C(C(C)C)N1CC(C)C(F)C1.CC. The Hall–Kier alpha value is -0.750. The largest absolute Gasteiger partial charge is 0.365 e. The number of allylic oxidation sites excluding steroid dienone is 1. The first-order chi connectivity index (χ1) is 7.06. The summed E-state index contributed by atoms with van der Waals surface area (Å²) in [7, 11) is 0. The second kappa shape index (κ2) is 6.68. The molecule has 0 bridgehead atoms. The van der Waals surface area contributed by atoms with Crippen molar-refractivity contribution in [2.24, 2.45) is 11.8 Å². The molecular weight excluding hydrogens is 189 g/mol. The Morgan fingerprint density at radius 3 is 2.20 bits per heavy atom. The van der Waals surface area contributed by atoms with Gasteiger partial charge in [0.15, 0.2) is 0 Å². The topological polar surface area (TPSA) is 3.24 Å². The van der Waals surface area contributed by atoms with Gasteiger partial charge in [-0.2, -0.15) is 0 Å². The Morgan fingerprint density at radius 2 is 1.93 bits per heavy atom. The van der Waals surface area contributed by atoms with Gasteiger partial charge >= 0.3 is 0 Å². The van der Waals surface area contributed by atoms with E-state index in [1.807, 2.05) is 20.8 Å². The van der Waals surface area contributed by atoms with Crippen LogP contribution in [0.4, 0.5) is 4.39 Å². The highest BCUT2D eigenvalue weighted by Gasteiger charge is 2.30. The highest BCUT2D eigenvalue weighted by Crippen LogP contribution is 2.25. The number of halogens is 1. The van der Waals surface area contributed by atoms with E-state index in [4.69, 9.17) is 0 Å². The maximum atomic E-state index is 13.2. The minimum absolute atomic E-state index is 0.141. The molecule has 0 aromatic rings. The summed E-state index contributed by atoms with van der Waals surface area (Å²) in [6.45, 7) is 15.1. The summed E-state index contributed by atoms with van der Waals surface area (Å²) in [4.78, 5) is 2.06. The van der Waals surface area contributed by atoms with Crippen molar-refractivity contribution in [1.82, 2.24) is 4.90 Å². The molecule has 1 fully saturated rings. The van der Waals surface area contributed by atoms with E-state index in [0.29, 0.717) is 12.5 Å². The number of alkyl halides is 1. The lowest BCUT2D eigenvalue weighted by Gasteiger charge is -2.22. The monoisotopic (exact) mass is 213 g/mol. The third-order valence-corrected chi connectivity index (χ3v) is 2.59. The Balaban J connectivity index is 0.000000921. The summed E-state index contributed by atoms with van der Waals surface area (Å²) < 4.78 is 13.2. The van der Waals surface area contributed by atoms with Crippen molar-refractivity contribution < 1.29 is 4.39 Å². The molecule has 0 N–H and O–H groups in total. The smallest absolute Gasteiger partial charge is 0.122 e. The third-order valence-electron chi connectivity index (χ3n) is 2.59. The molecular formula is C13H24FN. The Morgan fingerprint density at radius 1 is 1.40 bits per heavy atom. The highest BCUT2D eigenvalue weighted by molar-refractivity contribution is 5.05. The van der Waals surface area contributed by atoms with Gasteiger partial charge in [-0.3, -0.25) is 0 Å². The van der Waals surface area contributed by atoms with Crippen LogP contribution in [-0.2, 0) is 0 Å². The molecule has 0 radical (unpaired) electrons. The summed E-state index contributed by atoms with van der Waals surface area (Å²) in [6, 6.07) is 0. The van der Waals surface area contributed by atoms with Gasteiger partial charge in [-0.25, -0.2) is 4.39 Å². The maximum Gasteiger partial charge on any atom is 0.122 e. The van der Waals surface area contributed by atoms with Crippen LogP contribution in [0, 0.1) is 11.8 Å². The van der Waals surface area contributed by atoms with Gasteiger partial charge in [0.25, 0.3) is 0 Å². The molecule has 15 heavy (non-hydrogen) atoms. The minimum atomic E-state index is -0.693. The maximum absolute atomic E-state index is 13.2. The summed E-state index contributed by atoms with van der Waals surface area (Å²) in [5, 5.41) is 0. The van der Waals surface area contributed by atoms with E-state index in [1.54, 1.807) is 0 Å². The van der Waals surface area contributed by atoms with E-state index in [1.165, 1.54) is 0 Å². The predicted octanol–water partition coefficient (Wildman–Crippen LogP) is 3.63. The van der Waals surface area contributed by atoms with Crippen LogP contribution < -0.4 is 0 Å². The fraction of sp³-hybridized carbons (Fsp3) is 0.769. The van der Waals surface area contributed by atoms with Crippen LogP contribution in [0.2, 0.25) is 0 Å². The normalized spacial score (nSPS) is 24.6. The van der Waals surface area contributed by atoms with Crippen molar-refractivity contribution in [3.05, 3.63) is 18.0 Å². The average molecular weight is 213 g/mol. The van der Waals surface area contributed by atoms with E-state index in [0.717, 1.165) is 12.2 Å². The third kappa shape index (κ3) is 3.71. The van der Waals surface area contributed by atoms with Crippen molar-refractivity contribution in [1.29, 1.82) is 0 Å². The van der Waals surface area contributed by atoms with E-state index < -0.39 is 6.17 Å². The molecule has 1 aliphatic rings. The lowest BCUT2D eigenvalue weighted by molar-refractivity contribution is 0.287. The van der Waals surface area contributed by atoms with Gasteiger partial charge in [-0.1, -0.05) is 41.2 Å². The van der Waals surface area contributed by atoms with E-state index in [9.17, 15) is 4.39 Å². The number of likely N-dealkylation sites (tertiary alicyclic amines) is 1. The molecule has 1 rings (SSSR count). The zero-order valence-corrected chi connectivity index (χ0v) is 10.7. The van der Waals surface area contributed by atoms with E-state index in [-0.39, 0.29) is 5.92 Å². The molecule has 2 heteroatoms. The van der Waals surface area contributed by atoms with Gasteiger partial charge in [0, 0.05) is 24.9 Å². The molecule has 0 amide bonds. The number of nitrogens with zero attached hydrogens (tertiary/aromatic N) is 1. The molecule has 1 saturated heterocycles. The quantitative estimate of drug-likeness (QED) is 0.633. The lowest BCUT2D eigenvalue weighted by Crippen LogP contribution is -2.23. The fourth-order valence-corrected chi connectivity index (χ4v) is 1.80. The van der Waals surface area contributed by atoms with Crippen molar-refractivity contribution in [2.75, 3.05) is 13.1 Å². The van der Waals surface area contributed by atoms with E-state index in [2.05, 4.69) is 31.1 Å². The number of hydrogen-bond donors (Lipinski definition) is 0. The number of rotatable bonds is 2. The summed E-state index contributed by atoms with van der Waals surface area (Å²) in [5.41, 5.74) is 3.96.